The lowest BCUT2D eigenvalue weighted by atomic mass is 9.96. The highest BCUT2D eigenvalue weighted by Gasteiger charge is 2.23. The molecule has 0 aromatic heterocycles. The molecule has 1 unspecified atom stereocenters. The molecule has 1 atom stereocenters. The highest BCUT2D eigenvalue weighted by molar-refractivity contribution is 6.30. The van der Waals surface area contributed by atoms with Crippen LogP contribution in [-0.2, 0) is 0 Å². The Labute approximate surface area is 125 Å². The molecule has 0 amide bonds. The van der Waals surface area contributed by atoms with E-state index in [2.05, 4.69) is 52.7 Å². The predicted molar refractivity (Wildman–Crippen MR) is 83.2 cm³/mol. The maximum Gasteiger partial charge on any atom is 0.0602 e. The van der Waals surface area contributed by atoms with E-state index in [-0.39, 0.29) is 0 Å². The standard InChI is InChI=1S/C17H18ClN2/c18-16-8-6-15(7-9-16)17(14-4-2-1-3-5-14)20-12-10-19-11-13-20/h1-9,17H,10-13H2. The maximum atomic E-state index is 6.02. The van der Waals surface area contributed by atoms with Crippen molar-refractivity contribution in [1.29, 1.82) is 0 Å². The molecule has 103 valence electrons. The van der Waals surface area contributed by atoms with E-state index < -0.39 is 0 Å². The molecule has 3 heteroatoms. The molecule has 0 saturated carbocycles. The van der Waals surface area contributed by atoms with Crippen molar-refractivity contribution in [2.24, 2.45) is 0 Å². The third kappa shape index (κ3) is 3.04. The second-order valence-corrected chi connectivity index (χ2v) is 5.51. The Morgan fingerprint density at radius 1 is 0.850 bits per heavy atom. The van der Waals surface area contributed by atoms with Crippen LogP contribution in [0.2, 0.25) is 5.02 Å². The summed E-state index contributed by atoms with van der Waals surface area (Å²) in [5.74, 6) is 0. The maximum absolute atomic E-state index is 6.02. The second kappa shape index (κ2) is 6.40. The van der Waals surface area contributed by atoms with E-state index in [0.29, 0.717) is 6.04 Å². The Hall–Kier alpha value is -1.35. The molecule has 1 saturated heterocycles. The first-order chi connectivity index (χ1) is 9.84. The summed E-state index contributed by atoms with van der Waals surface area (Å²) in [7, 11) is 0. The van der Waals surface area contributed by atoms with Gasteiger partial charge in [0, 0.05) is 31.2 Å². The Balaban J connectivity index is 1.96. The van der Waals surface area contributed by atoms with Gasteiger partial charge in [0.2, 0.25) is 0 Å². The largest absolute Gasteiger partial charge is 0.290 e. The quantitative estimate of drug-likeness (QED) is 0.845. The number of hydrogen-bond donors (Lipinski definition) is 0. The number of benzene rings is 2. The van der Waals surface area contributed by atoms with Gasteiger partial charge in [0.05, 0.1) is 6.04 Å². The normalized spacial score (nSPS) is 17.9. The number of hydrogen-bond acceptors (Lipinski definition) is 1. The second-order valence-electron chi connectivity index (χ2n) is 5.07. The monoisotopic (exact) mass is 285 g/mol. The molecule has 0 aliphatic carbocycles. The third-order valence-corrected chi connectivity index (χ3v) is 4.01. The number of halogens is 1. The van der Waals surface area contributed by atoms with Crippen LogP contribution in [-0.4, -0.2) is 31.1 Å². The summed E-state index contributed by atoms with van der Waals surface area (Å²) in [4.78, 5) is 2.51. The molecule has 1 aliphatic rings. The van der Waals surface area contributed by atoms with Gasteiger partial charge in [-0.2, -0.15) is 0 Å². The molecule has 1 radical (unpaired) electrons. The van der Waals surface area contributed by atoms with E-state index in [0.717, 1.165) is 31.2 Å². The highest BCUT2D eigenvalue weighted by Crippen LogP contribution is 2.29. The van der Waals surface area contributed by atoms with E-state index >= 15 is 0 Å². The van der Waals surface area contributed by atoms with Gasteiger partial charge in [0.1, 0.15) is 0 Å². The van der Waals surface area contributed by atoms with Gasteiger partial charge in [-0.1, -0.05) is 54.1 Å². The van der Waals surface area contributed by atoms with Crippen LogP contribution in [0.15, 0.2) is 54.6 Å². The van der Waals surface area contributed by atoms with Crippen LogP contribution in [0.25, 0.3) is 0 Å². The van der Waals surface area contributed by atoms with Gasteiger partial charge in [-0.05, 0) is 23.3 Å². The molecule has 2 aromatic carbocycles. The minimum atomic E-state index is 0.295. The summed E-state index contributed by atoms with van der Waals surface area (Å²) in [5.41, 5.74) is 2.62. The van der Waals surface area contributed by atoms with Crippen molar-refractivity contribution in [3.8, 4) is 0 Å². The minimum Gasteiger partial charge on any atom is -0.290 e. The SMILES string of the molecule is Clc1ccc(C(c2ccccc2)N2CC[N]CC2)cc1. The molecule has 1 aliphatic heterocycles. The van der Waals surface area contributed by atoms with E-state index in [1.165, 1.54) is 11.1 Å². The molecule has 2 nitrogen and oxygen atoms in total. The van der Waals surface area contributed by atoms with Crippen molar-refractivity contribution in [2.75, 3.05) is 26.2 Å². The number of piperazine rings is 1. The smallest absolute Gasteiger partial charge is 0.0602 e. The van der Waals surface area contributed by atoms with Crippen molar-refractivity contribution >= 4 is 11.6 Å². The number of nitrogens with zero attached hydrogens (tertiary/aromatic N) is 2. The molecule has 2 aromatic rings. The van der Waals surface area contributed by atoms with Gasteiger partial charge < -0.3 is 0 Å². The first kappa shape index (κ1) is 13.6. The summed E-state index contributed by atoms with van der Waals surface area (Å²) >= 11 is 6.02. The molecule has 0 bridgehead atoms. The average Bonchev–Trinajstić information content (AvgIpc) is 2.52. The summed E-state index contributed by atoms with van der Waals surface area (Å²) in [6, 6.07) is 19.2. The van der Waals surface area contributed by atoms with E-state index in [1.807, 2.05) is 12.1 Å². The fraction of sp³-hybridized carbons (Fsp3) is 0.294. The zero-order valence-corrected chi connectivity index (χ0v) is 12.1. The van der Waals surface area contributed by atoms with Crippen LogP contribution in [0.1, 0.15) is 17.2 Å². The summed E-state index contributed by atoms with van der Waals surface area (Å²) in [6.45, 7) is 3.89. The van der Waals surface area contributed by atoms with Crippen molar-refractivity contribution in [3.63, 3.8) is 0 Å². The molecule has 0 N–H and O–H groups in total. The highest BCUT2D eigenvalue weighted by atomic mass is 35.5. The molecule has 20 heavy (non-hydrogen) atoms. The Morgan fingerprint density at radius 3 is 2.10 bits per heavy atom. The number of rotatable bonds is 3. The Bertz CT molecular complexity index is 533. The van der Waals surface area contributed by atoms with E-state index in [4.69, 9.17) is 11.6 Å². The van der Waals surface area contributed by atoms with Gasteiger partial charge in [-0.3, -0.25) is 4.90 Å². The lowest BCUT2D eigenvalue weighted by Crippen LogP contribution is -2.42. The van der Waals surface area contributed by atoms with Gasteiger partial charge in [-0.15, -0.1) is 0 Å². The van der Waals surface area contributed by atoms with Gasteiger partial charge >= 0.3 is 0 Å². The topological polar surface area (TPSA) is 17.3 Å². The van der Waals surface area contributed by atoms with Crippen LogP contribution in [0.5, 0.6) is 0 Å². The van der Waals surface area contributed by atoms with Crippen molar-refractivity contribution in [3.05, 3.63) is 70.7 Å². The predicted octanol–water partition coefficient (Wildman–Crippen LogP) is 3.35. The van der Waals surface area contributed by atoms with Crippen LogP contribution in [0.4, 0.5) is 0 Å². The van der Waals surface area contributed by atoms with E-state index in [9.17, 15) is 0 Å². The van der Waals surface area contributed by atoms with Gasteiger partial charge in [0.15, 0.2) is 0 Å². The first-order valence-corrected chi connectivity index (χ1v) is 7.40. The molecule has 1 heterocycles. The average molecular weight is 286 g/mol. The molecule has 0 spiro atoms. The summed E-state index contributed by atoms with van der Waals surface area (Å²) in [6.07, 6.45) is 0. The van der Waals surface area contributed by atoms with Crippen molar-refractivity contribution in [2.45, 2.75) is 6.04 Å². The van der Waals surface area contributed by atoms with E-state index in [1.54, 1.807) is 0 Å². The third-order valence-electron chi connectivity index (χ3n) is 3.76. The van der Waals surface area contributed by atoms with Crippen molar-refractivity contribution in [1.82, 2.24) is 10.2 Å². The Morgan fingerprint density at radius 2 is 1.45 bits per heavy atom. The summed E-state index contributed by atoms with van der Waals surface area (Å²) in [5, 5.41) is 5.23. The fourth-order valence-corrected chi connectivity index (χ4v) is 2.90. The fourth-order valence-electron chi connectivity index (χ4n) is 2.77. The molecular formula is C17H18ClN2. The zero-order chi connectivity index (χ0) is 13.8. The Kier molecular flexibility index (Phi) is 4.36. The minimum absolute atomic E-state index is 0.295. The molecule has 3 rings (SSSR count). The van der Waals surface area contributed by atoms with Crippen LogP contribution < -0.4 is 5.32 Å². The lowest BCUT2D eigenvalue weighted by molar-refractivity contribution is 0.196. The summed E-state index contributed by atoms with van der Waals surface area (Å²) < 4.78 is 0. The van der Waals surface area contributed by atoms with Gasteiger partial charge in [-0.25, -0.2) is 5.32 Å². The molecule has 1 fully saturated rings. The van der Waals surface area contributed by atoms with Gasteiger partial charge in [0.25, 0.3) is 0 Å². The van der Waals surface area contributed by atoms with Crippen molar-refractivity contribution < 1.29 is 0 Å². The zero-order valence-electron chi connectivity index (χ0n) is 11.4. The van der Waals surface area contributed by atoms with Crippen LogP contribution in [0, 0.1) is 0 Å². The van der Waals surface area contributed by atoms with Crippen LogP contribution >= 0.6 is 11.6 Å². The lowest BCUT2D eigenvalue weighted by Gasteiger charge is -2.35. The van der Waals surface area contributed by atoms with Crippen LogP contribution in [0.3, 0.4) is 0 Å². The molecular weight excluding hydrogens is 268 g/mol. The first-order valence-electron chi connectivity index (χ1n) is 7.02.